The van der Waals surface area contributed by atoms with Crippen molar-refractivity contribution in [3.8, 4) is 11.5 Å². The number of benzene rings is 1. The lowest BCUT2D eigenvalue weighted by atomic mass is 10.2. The van der Waals surface area contributed by atoms with Crippen LogP contribution in [0.3, 0.4) is 0 Å². The summed E-state index contributed by atoms with van der Waals surface area (Å²) in [6.45, 7) is 1.59. The van der Waals surface area contributed by atoms with Gasteiger partial charge in [0, 0.05) is 5.56 Å². The van der Waals surface area contributed by atoms with Gasteiger partial charge in [-0.3, -0.25) is 4.79 Å². The van der Waals surface area contributed by atoms with Crippen LogP contribution in [-0.4, -0.2) is 38.7 Å². The summed E-state index contributed by atoms with van der Waals surface area (Å²) in [7, 11) is 3.09. The van der Waals surface area contributed by atoms with E-state index in [1.165, 1.54) is 13.3 Å². The van der Waals surface area contributed by atoms with E-state index >= 15 is 0 Å². The van der Waals surface area contributed by atoms with Crippen molar-refractivity contribution in [2.24, 2.45) is 10.3 Å². The lowest BCUT2D eigenvalue weighted by Crippen LogP contribution is -2.22. The molecule has 1 amide bonds. The minimum absolute atomic E-state index is 0.227. The molecule has 0 aliphatic carbocycles. The number of carbonyl (C=O) groups is 1. The van der Waals surface area contributed by atoms with Crippen molar-refractivity contribution in [2.75, 3.05) is 20.8 Å². The standard InChI is InChI=1S/C17H19N3O4S/c1-12(15-8-5-9-25-15)20-24-11-16(21)19-18-10-13-6-4-7-14(22-2)17(13)23-3/h4-10H,11H2,1-3H3,(H,19,21). The summed E-state index contributed by atoms with van der Waals surface area (Å²) in [6, 6.07) is 9.22. The first-order valence-electron chi connectivity index (χ1n) is 7.39. The van der Waals surface area contributed by atoms with Gasteiger partial charge in [-0.2, -0.15) is 5.10 Å². The monoisotopic (exact) mass is 361 g/mol. The average molecular weight is 361 g/mol. The van der Waals surface area contributed by atoms with E-state index in [1.807, 2.05) is 24.4 Å². The quantitative estimate of drug-likeness (QED) is 0.579. The molecule has 1 aromatic carbocycles. The zero-order valence-electron chi connectivity index (χ0n) is 14.2. The molecule has 0 radical (unpaired) electrons. The molecule has 0 saturated carbocycles. The van der Waals surface area contributed by atoms with Crippen molar-refractivity contribution in [3.63, 3.8) is 0 Å². The smallest absolute Gasteiger partial charge is 0.280 e. The maximum atomic E-state index is 11.7. The number of carbonyl (C=O) groups excluding carboxylic acids is 1. The van der Waals surface area contributed by atoms with Gasteiger partial charge in [-0.15, -0.1) is 11.3 Å². The van der Waals surface area contributed by atoms with Gasteiger partial charge < -0.3 is 14.3 Å². The number of methoxy groups -OCH3 is 2. The normalized spacial score (nSPS) is 11.4. The molecule has 7 nitrogen and oxygen atoms in total. The third-order valence-electron chi connectivity index (χ3n) is 3.10. The zero-order valence-corrected chi connectivity index (χ0v) is 15.0. The molecule has 1 N–H and O–H groups in total. The molecule has 0 unspecified atom stereocenters. The predicted molar refractivity (Wildman–Crippen MR) is 97.8 cm³/mol. The summed E-state index contributed by atoms with van der Waals surface area (Å²) >= 11 is 1.55. The molecule has 2 rings (SSSR count). The molecule has 0 aliphatic rings. The lowest BCUT2D eigenvalue weighted by molar-refractivity contribution is -0.125. The van der Waals surface area contributed by atoms with E-state index in [4.69, 9.17) is 14.3 Å². The molecule has 1 aromatic heterocycles. The van der Waals surface area contributed by atoms with Gasteiger partial charge in [-0.1, -0.05) is 17.3 Å². The van der Waals surface area contributed by atoms with E-state index in [1.54, 1.807) is 36.6 Å². The number of thiophene rings is 1. The molecule has 132 valence electrons. The highest BCUT2D eigenvalue weighted by Crippen LogP contribution is 2.29. The second-order valence-electron chi connectivity index (χ2n) is 4.80. The van der Waals surface area contributed by atoms with Gasteiger partial charge >= 0.3 is 0 Å². The molecule has 0 aliphatic heterocycles. The minimum atomic E-state index is -0.416. The van der Waals surface area contributed by atoms with Crippen LogP contribution in [0.1, 0.15) is 17.4 Å². The fraction of sp³-hybridized carbons (Fsp3) is 0.235. The van der Waals surface area contributed by atoms with Crippen molar-refractivity contribution < 1.29 is 19.1 Å². The van der Waals surface area contributed by atoms with Gasteiger partial charge in [-0.05, 0) is 30.5 Å². The minimum Gasteiger partial charge on any atom is -0.493 e. The first kappa shape index (κ1) is 18.5. The number of rotatable bonds is 8. The van der Waals surface area contributed by atoms with Gasteiger partial charge in [0.15, 0.2) is 18.1 Å². The second-order valence-corrected chi connectivity index (χ2v) is 5.75. The van der Waals surface area contributed by atoms with Crippen LogP contribution in [0.15, 0.2) is 46.0 Å². The number of nitrogens with zero attached hydrogens (tertiary/aromatic N) is 2. The zero-order chi connectivity index (χ0) is 18.1. The Bertz CT molecular complexity index is 757. The van der Waals surface area contributed by atoms with Crippen molar-refractivity contribution in [1.82, 2.24) is 5.43 Å². The molecule has 1 heterocycles. The fourth-order valence-electron chi connectivity index (χ4n) is 1.94. The topological polar surface area (TPSA) is 81.5 Å². The largest absolute Gasteiger partial charge is 0.493 e. The van der Waals surface area contributed by atoms with E-state index in [0.29, 0.717) is 22.8 Å². The Morgan fingerprint density at radius 2 is 2.08 bits per heavy atom. The third kappa shape index (κ3) is 5.32. The summed E-state index contributed by atoms with van der Waals surface area (Å²) in [5.41, 5.74) is 3.76. The van der Waals surface area contributed by atoms with Crippen LogP contribution >= 0.6 is 11.3 Å². The Morgan fingerprint density at radius 3 is 2.76 bits per heavy atom. The molecule has 2 aromatic rings. The van der Waals surface area contributed by atoms with Crippen molar-refractivity contribution in [1.29, 1.82) is 0 Å². The van der Waals surface area contributed by atoms with Crippen molar-refractivity contribution >= 4 is 29.2 Å². The Kier molecular flexibility index (Phi) is 6.97. The van der Waals surface area contributed by atoms with E-state index in [9.17, 15) is 4.79 Å². The summed E-state index contributed by atoms with van der Waals surface area (Å²) < 4.78 is 10.5. The van der Waals surface area contributed by atoms with Crippen LogP contribution in [0.2, 0.25) is 0 Å². The summed E-state index contributed by atoms with van der Waals surface area (Å²) in [5.74, 6) is 0.704. The highest BCUT2D eigenvalue weighted by Gasteiger charge is 2.07. The lowest BCUT2D eigenvalue weighted by Gasteiger charge is -2.09. The maximum absolute atomic E-state index is 11.7. The Balaban J connectivity index is 1.86. The van der Waals surface area contributed by atoms with E-state index in [0.717, 1.165) is 4.88 Å². The number of nitrogens with one attached hydrogen (secondary N) is 1. The summed E-state index contributed by atoms with van der Waals surface area (Å²) in [6.07, 6.45) is 1.47. The number of hydrazone groups is 1. The Hall–Kier alpha value is -2.87. The van der Waals surface area contributed by atoms with Crippen molar-refractivity contribution in [2.45, 2.75) is 6.92 Å². The van der Waals surface area contributed by atoms with Crippen LogP contribution in [0, 0.1) is 0 Å². The highest BCUT2D eigenvalue weighted by molar-refractivity contribution is 7.12. The van der Waals surface area contributed by atoms with Gasteiger partial charge in [0.2, 0.25) is 0 Å². The highest BCUT2D eigenvalue weighted by atomic mass is 32.1. The van der Waals surface area contributed by atoms with Crippen LogP contribution in [0.4, 0.5) is 0 Å². The molecule has 0 fully saturated rings. The number of ether oxygens (including phenoxy) is 2. The molecule has 25 heavy (non-hydrogen) atoms. The Labute approximate surface area is 149 Å². The van der Waals surface area contributed by atoms with Crippen LogP contribution < -0.4 is 14.9 Å². The van der Waals surface area contributed by atoms with Crippen LogP contribution in [0.25, 0.3) is 0 Å². The first-order valence-corrected chi connectivity index (χ1v) is 8.27. The number of para-hydroxylation sites is 1. The fourth-order valence-corrected chi connectivity index (χ4v) is 2.61. The van der Waals surface area contributed by atoms with E-state index < -0.39 is 5.91 Å². The van der Waals surface area contributed by atoms with E-state index in [2.05, 4.69) is 15.7 Å². The van der Waals surface area contributed by atoms with Gasteiger partial charge in [0.05, 0.1) is 31.0 Å². The third-order valence-corrected chi connectivity index (χ3v) is 4.08. The molecule has 0 spiro atoms. The van der Waals surface area contributed by atoms with Crippen molar-refractivity contribution in [3.05, 3.63) is 46.2 Å². The molecular formula is C17H19N3O4S. The predicted octanol–water partition coefficient (Wildman–Crippen LogP) is 2.66. The SMILES string of the molecule is COc1cccc(C=NNC(=O)CON=C(C)c2cccs2)c1OC. The maximum Gasteiger partial charge on any atom is 0.280 e. The van der Waals surface area contributed by atoms with Crippen LogP contribution in [0.5, 0.6) is 11.5 Å². The van der Waals surface area contributed by atoms with Gasteiger partial charge in [0.1, 0.15) is 0 Å². The van der Waals surface area contributed by atoms with Gasteiger partial charge in [-0.25, -0.2) is 5.43 Å². The Morgan fingerprint density at radius 1 is 1.24 bits per heavy atom. The average Bonchev–Trinajstić information content (AvgIpc) is 3.16. The number of amides is 1. The molecular weight excluding hydrogens is 342 g/mol. The number of hydrogen-bond donors (Lipinski definition) is 1. The molecule has 8 heteroatoms. The second kappa shape index (κ2) is 9.43. The number of hydrogen-bond acceptors (Lipinski definition) is 7. The first-order chi connectivity index (χ1) is 12.2. The molecule has 0 atom stereocenters. The summed E-state index contributed by atoms with van der Waals surface area (Å²) in [4.78, 5) is 17.7. The van der Waals surface area contributed by atoms with Crippen LogP contribution in [-0.2, 0) is 9.63 Å². The molecule has 0 bridgehead atoms. The van der Waals surface area contributed by atoms with E-state index in [-0.39, 0.29) is 6.61 Å². The number of oxime groups is 1. The molecule has 0 saturated heterocycles. The van der Waals surface area contributed by atoms with Gasteiger partial charge in [0.25, 0.3) is 5.91 Å². The summed E-state index contributed by atoms with van der Waals surface area (Å²) in [5, 5.41) is 9.73.